The van der Waals surface area contributed by atoms with Gasteiger partial charge in [-0.2, -0.15) is 0 Å². The largest absolute Gasteiger partial charge is 0.478 e. The molecule has 0 bridgehead atoms. The quantitative estimate of drug-likeness (QED) is 0.722. The Balaban J connectivity index is 2.91. The Hall–Kier alpha value is -1.82. The normalized spacial score (nSPS) is 9.76. The zero-order valence-electron chi connectivity index (χ0n) is 9.66. The number of aromatic carboxylic acids is 1. The highest BCUT2D eigenvalue weighted by Crippen LogP contribution is 2.32. The van der Waals surface area contributed by atoms with E-state index in [0.717, 1.165) is 4.88 Å². The number of hydrogen-bond donors (Lipinski definition) is 3. The molecule has 92 valence electrons. The number of amides is 2. The van der Waals surface area contributed by atoms with E-state index in [1.807, 2.05) is 6.92 Å². The van der Waals surface area contributed by atoms with E-state index in [1.165, 1.54) is 11.3 Å². The van der Waals surface area contributed by atoms with Crippen LogP contribution in [0.15, 0.2) is 12.7 Å². The first-order chi connectivity index (χ1) is 7.97. The minimum absolute atomic E-state index is 0.154. The standard InChI is InChI=1S/C11H14N2O3S/c1-4-5-12-11(16)13-9-8(10(14)15)6(2)7(3)17-9/h4H,1,5H2,2-3H3,(H,14,15)(H2,12,13,16). The van der Waals surface area contributed by atoms with Crippen LogP contribution in [0.5, 0.6) is 0 Å². The Morgan fingerprint density at radius 2 is 2.12 bits per heavy atom. The number of rotatable bonds is 4. The molecule has 1 aromatic heterocycles. The van der Waals surface area contributed by atoms with Gasteiger partial charge in [-0.1, -0.05) is 6.08 Å². The number of aryl methyl sites for hydroxylation is 1. The van der Waals surface area contributed by atoms with E-state index in [-0.39, 0.29) is 5.56 Å². The lowest BCUT2D eigenvalue weighted by Crippen LogP contribution is -2.28. The summed E-state index contributed by atoms with van der Waals surface area (Å²) < 4.78 is 0. The molecule has 6 heteroatoms. The van der Waals surface area contributed by atoms with Crippen molar-refractivity contribution in [3.8, 4) is 0 Å². The molecule has 0 spiro atoms. The fraction of sp³-hybridized carbons (Fsp3) is 0.273. The number of carbonyl (C=O) groups is 2. The summed E-state index contributed by atoms with van der Waals surface area (Å²) in [4.78, 5) is 23.4. The first kappa shape index (κ1) is 13.2. The van der Waals surface area contributed by atoms with E-state index < -0.39 is 12.0 Å². The molecule has 0 saturated carbocycles. The van der Waals surface area contributed by atoms with Crippen LogP contribution < -0.4 is 10.6 Å². The van der Waals surface area contributed by atoms with Crippen molar-refractivity contribution in [2.24, 2.45) is 0 Å². The predicted octanol–water partition coefficient (Wildman–Crippen LogP) is 2.37. The molecular formula is C11H14N2O3S. The molecular weight excluding hydrogens is 240 g/mol. The zero-order chi connectivity index (χ0) is 13.0. The van der Waals surface area contributed by atoms with Crippen LogP contribution in [0.2, 0.25) is 0 Å². The molecule has 1 aromatic rings. The Morgan fingerprint density at radius 1 is 1.47 bits per heavy atom. The Kier molecular flexibility index (Phi) is 4.28. The fourth-order valence-corrected chi connectivity index (χ4v) is 2.33. The first-order valence-corrected chi connectivity index (χ1v) is 5.78. The van der Waals surface area contributed by atoms with Crippen molar-refractivity contribution in [1.29, 1.82) is 0 Å². The Labute approximate surface area is 103 Å². The van der Waals surface area contributed by atoms with E-state index in [9.17, 15) is 9.59 Å². The van der Waals surface area contributed by atoms with E-state index in [1.54, 1.807) is 13.0 Å². The second-order valence-corrected chi connectivity index (χ2v) is 4.64. The number of anilines is 1. The summed E-state index contributed by atoms with van der Waals surface area (Å²) in [5.41, 5.74) is 0.836. The van der Waals surface area contributed by atoms with Crippen LogP contribution in [0, 0.1) is 13.8 Å². The van der Waals surface area contributed by atoms with Gasteiger partial charge in [-0.3, -0.25) is 5.32 Å². The molecule has 0 fully saturated rings. The van der Waals surface area contributed by atoms with Crippen molar-refractivity contribution >= 4 is 28.3 Å². The second-order valence-electron chi connectivity index (χ2n) is 3.42. The van der Waals surface area contributed by atoms with Crippen molar-refractivity contribution in [3.63, 3.8) is 0 Å². The predicted molar refractivity (Wildman–Crippen MR) is 68.0 cm³/mol. The number of carboxylic acids is 1. The SMILES string of the molecule is C=CCNC(=O)Nc1sc(C)c(C)c1C(=O)O. The lowest BCUT2D eigenvalue weighted by molar-refractivity contribution is 0.0697. The second kappa shape index (κ2) is 5.49. The van der Waals surface area contributed by atoms with Gasteiger partial charge in [-0.25, -0.2) is 9.59 Å². The highest BCUT2D eigenvalue weighted by molar-refractivity contribution is 7.16. The zero-order valence-corrected chi connectivity index (χ0v) is 10.5. The highest BCUT2D eigenvalue weighted by atomic mass is 32.1. The molecule has 17 heavy (non-hydrogen) atoms. The maximum atomic E-state index is 11.4. The molecule has 0 radical (unpaired) electrons. The van der Waals surface area contributed by atoms with Crippen LogP contribution in [0.4, 0.5) is 9.80 Å². The van der Waals surface area contributed by atoms with Gasteiger partial charge in [0.1, 0.15) is 5.00 Å². The Morgan fingerprint density at radius 3 is 2.65 bits per heavy atom. The van der Waals surface area contributed by atoms with Gasteiger partial charge in [0.15, 0.2) is 0 Å². The number of carboxylic acid groups (broad SMARTS) is 1. The highest BCUT2D eigenvalue weighted by Gasteiger charge is 2.19. The third kappa shape index (κ3) is 3.07. The topological polar surface area (TPSA) is 78.4 Å². The van der Waals surface area contributed by atoms with Gasteiger partial charge >= 0.3 is 12.0 Å². The summed E-state index contributed by atoms with van der Waals surface area (Å²) in [6.07, 6.45) is 1.54. The van der Waals surface area contributed by atoms with Crippen LogP contribution >= 0.6 is 11.3 Å². The van der Waals surface area contributed by atoms with Gasteiger partial charge in [0.25, 0.3) is 0 Å². The van der Waals surface area contributed by atoms with Crippen LogP contribution in [0.25, 0.3) is 0 Å². The average Bonchev–Trinajstić information content (AvgIpc) is 2.51. The molecule has 0 saturated heterocycles. The van der Waals surface area contributed by atoms with Crippen molar-refractivity contribution in [2.45, 2.75) is 13.8 Å². The number of nitrogens with one attached hydrogen (secondary N) is 2. The maximum Gasteiger partial charge on any atom is 0.338 e. The molecule has 1 heterocycles. The van der Waals surface area contributed by atoms with E-state index >= 15 is 0 Å². The van der Waals surface area contributed by atoms with Crippen molar-refractivity contribution < 1.29 is 14.7 Å². The molecule has 0 aliphatic rings. The lowest BCUT2D eigenvalue weighted by atomic mass is 10.1. The van der Waals surface area contributed by atoms with Gasteiger partial charge in [0, 0.05) is 11.4 Å². The first-order valence-electron chi connectivity index (χ1n) is 4.96. The third-order valence-corrected chi connectivity index (χ3v) is 3.36. The number of carbonyl (C=O) groups excluding carboxylic acids is 1. The molecule has 0 unspecified atom stereocenters. The third-order valence-electron chi connectivity index (χ3n) is 2.23. The van der Waals surface area contributed by atoms with Gasteiger partial charge < -0.3 is 10.4 Å². The van der Waals surface area contributed by atoms with Crippen LogP contribution in [0.3, 0.4) is 0 Å². The minimum atomic E-state index is -1.04. The van der Waals surface area contributed by atoms with Gasteiger partial charge in [0.05, 0.1) is 5.56 Å². The average molecular weight is 254 g/mol. The minimum Gasteiger partial charge on any atom is -0.478 e. The van der Waals surface area contributed by atoms with E-state index in [2.05, 4.69) is 17.2 Å². The molecule has 1 rings (SSSR count). The number of urea groups is 1. The summed E-state index contributed by atoms with van der Waals surface area (Å²) in [6.45, 7) is 7.34. The monoisotopic (exact) mass is 254 g/mol. The van der Waals surface area contributed by atoms with Crippen molar-refractivity contribution in [2.75, 3.05) is 11.9 Å². The smallest absolute Gasteiger partial charge is 0.338 e. The summed E-state index contributed by atoms with van der Waals surface area (Å²) in [6, 6.07) is -0.436. The molecule has 5 nitrogen and oxygen atoms in total. The summed E-state index contributed by atoms with van der Waals surface area (Å²) in [7, 11) is 0. The summed E-state index contributed by atoms with van der Waals surface area (Å²) in [5, 5.41) is 14.5. The van der Waals surface area contributed by atoms with Gasteiger partial charge in [-0.05, 0) is 19.4 Å². The van der Waals surface area contributed by atoms with Gasteiger partial charge in [-0.15, -0.1) is 17.9 Å². The molecule has 0 atom stereocenters. The summed E-state index contributed by atoms with van der Waals surface area (Å²) >= 11 is 1.25. The summed E-state index contributed by atoms with van der Waals surface area (Å²) in [5.74, 6) is -1.04. The number of thiophene rings is 1. The van der Waals surface area contributed by atoms with Crippen LogP contribution in [0.1, 0.15) is 20.8 Å². The molecule has 0 aromatic carbocycles. The fourth-order valence-electron chi connectivity index (χ4n) is 1.28. The van der Waals surface area contributed by atoms with Crippen molar-refractivity contribution in [3.05, 3.63) is 28.7 Å². The van der Waals surface area contributed by atoms with Crippen molar-refractivity contribution in [1.82, 2.24) is 5.32 Å². The van der Waals surface area contributed by atoms with E-state index in [4.69, 9.17) is 5.11 Å². The molecule has 0 aliphatic carbocycles. The lowest BCUT2D eigenvalue weighted by Gasteiger charge is -2.04. The molecule has 0 aliphatic heterocycles. The molecule has 2 amide bonds. The molecule has 3 N–H and O–H groups in total. The van der Waals surface area contributed by atoms with Crippen LogP contribution in [-0.2, 0) is 0 Å². The Bertz CT molecular complexity index is 466. The van der Waals surface area contributed by atoms with Gasteiger partial charge in [0.2, 0.25) is 0 Å². The van der Waals surface area contributed by atoms with E-state index in [0.29, 0.717) is 17.1 Å². The maximum absolute atomic E-state index is 11.4. The number of hydrogen-bond acceptors (Lipinski definition) is 3. The van der Waals surface area contributed by atoms with Crippen LogP contribution in [-0.4, -0.2) is 23.7 Å².